The Morgan fingerprint density at radius 2 is 1.83 bits per heavy atom. The smallest absolute Gasteiger partial charge is 0.342 e. The van der Waals surface area contributed by atoms with Crippen LogP contribution in [0.4, 0.5) is 5.69 Å². The summed E-state index contributed by atoms with van der Waals surface area (Å²) in [4.78, 5) is 47.7. The van der Waals surface area contributed by atoms with E-state index in [1.807, 2.05) is 19.9 Å². The molecule has 1 amide bonds. The molecular weight excluding hydrogens is 586 g/mol. The Hall–Kier alpha value is -3.94. The van der Waals surface area contributed by atoms with Gasteiger partial charge < -0.3 is 9.64 Å². The van der Waals surface area contributed by atoms with Crippen LogP contribution < -0.4 is 0 Å². The maximum atomic E-state index is 13.9. The fraction of sp³-hybridized carbons (Fsp3) is 0.357. The molecule has 14 heteroatoms. The lowest BCUT2D eigenvalue weighted by atomic mass is 10.1. The number of carbonyl (C=O) groups excluding carboxylic acids is 2. The molecule has 2 heterocycles. The first-order valence-electron chi connectivity index (χ1n) is 13.2. The number of carbonyl (C=O) groups is 2. The number of nitrogens with zero attached hydrogens (tertiary/aromatic N) is 5. The van der Waals surface area contributed by atoms with Gasteiger partial charge in [0.2, 0.25) is 10.0 Å². The van der Waals surface area contributed by atoms with E-state index in [1.54, 1.807) is 38.1 Å². The van der Waals surface area contributed by atoms with Crippen LogP contribution in [0.2, 0.25) is 5.02 Å². The number of piperazine rings is 1. The summed E-state index contributed by atoms with van der Waals surface area (Å²) in [6.45, 7) is 7.03. The van der Waals surface area contributed by atoms with E-state index in [4.69, 9.17) is 16.3 Å². The first-order valence-corrected chi connectivity index (χ1v) is 15.0. The Kier molecular flexibility index (Phi) is 9.24. The van der Waals surface area contributed by atoms with Crippen molar-refractivity contribution in [2.75, 3.05) is 26.2 Å². The quantitative estimate of drug-likeness (QED) is 0.204. The molecule has 222 valence electrons. The predicted octanol–water partition coefficient (Wildman–Crippen LogP) is 4.36. The summed E-state index contributed by atoms with van der Waals surface area (Å²) >= 11 is 5.86. The number of hydrogen-bond donors (Lipinski definition) is 0. The number of aryl methyl sites for hydroxylation is 1. The van der Waals surface area contributed by atoms with Crippen LogP contribution in [0.15, 0.2) is 53.4 Å². The first kappa shape index (κ1) is 31.0. The zero-order valence-electron chi connectivity index (χ0n) is 23.5. The lowest BCUT2D eigenvalue weighted by molar-refractivity contribution is -0.384. The van der Waals surface area contributed by atoms with E-state index in [0.717, 1.165) is 6.07 Å². The number of halogens is 1. The average Bonchev–Trinajstić information content (AvgIpc) is 2.95. The molecular formula is C28H30ClN5O7S. The molecule has 0 saturated carbocycles. The van der Waals surface area contributed by atoms with E-state index >= 15 is 0 Å². The number of benzene rings is 2. The second-order valence-electron chi connectivity index (χ2n) is 10.3. The van der Waals surface area contributed by atoms with E-state index in [-0.39, 0.29) is 64.9 Å². The maximum Gasteiger partial charge on any atom is 0.342 e. The van der Waals surface area contributed by atoms with Crippen molar-refractivity contribution in [3.63, 3.8) is 0 Å². The molecule has 12 nitrogen and oxygen atoms in total. The number of amides is 1. The van der Waals surface area contributed by atoms with Gasteiger partial charge in [0, 0.05) is 37.3 Å². The number of esters is 1. The Morgan fingerprint density at radius 1 is 1.14 bits per heavy atom. The van der Waals surface area contributed by atoms with Gasteiger partial charge in [-0.2, -0.15) is 4.31 Å². The van der Waals surface area contributed by atoms with Crippen molar-refractivity contribution in [2.45, 2.75) is 38.6 Å². The van der Waals surface area contributed by atoms with Crippen LogP contribution in [-0.2, 0) is 14.8 Å². The van der Waals surface area contributed by atoms with Crippen LogP contribution >= 0.6 is 11.6 Å². The molecule has 1 aromatic heterocycles. The van der Waals surface area contributed by atoms with Gasteiger partial charge >= 0.3 is 5.97 Å². The first-order chi connectivity index (χ1) is 19.8. The van der Waals surface area contributed by atoms with E-state index in [9.17, 15) is 28.1 Å². The van der Waals surface area contributed by atoms with E-state index < -0.39 is 38.6 Å². The lowest BCUT2D eigenvalue weighted by Gasteiger charge is -2.38. The summed E-state index contributed by atoms with van der Waals surface area (Å²) < 4.78 is 33.5. The van der Waals surface area contributed by atoms with Crippen LogP contribution in [0.3, 0.4) is 0 Å². The second-order valence-corrected chi connectivity index (χ2v) is 12.6. The van der Waals surface area contributed by atoms with Crippen molar-refractivity contribution in [3.05, 3.63) is 80.6 Å². The van der Waals surface area contributed by atoms with Gasteiger partial charge in [0.25, 0.3) is 11.6 Å². The molecule has 1 aliphatic rings. The third kappa shape index (κ3) is 6.42. The molecule has 1 atom stereocenters. The molecule has 42 heavy (non-hydrogen) atoms. The number of aromatic nitrogens is 2. The summed E-state index contributed by atoms with van der Waals surface area (Å²) in [5, 5.41) is 11.1. The zero-order valence-corrected chi connectivity index (χ0v) is 25.1. The molecule has 1 fully saturated rings. The molecule has 1 aliphatic heterocycles. The zero-order chi connectivity index (χ0) is 30.8. The van der Waals surface area contributed by atoms with Crippen LogP contribution in [0.25, 0.3) is 11.4 Å². The summed E-state index contributed by atoms with van der Waals surface area (Å²) in [5.74, 6) is -0.964. The Balaban J connectivity index is 1.65. The van der Waals surface area contributed by atoms with Crippen LogP contribution in [0.5, 0.6) is 0 Å². The molecule has 1 unspecified atom stereocenters. The monoisotopic (exact) mass is 615 g/mol. The highest BCUT2D eigenvalue weighted by Gasteiger charge is 2.38. The summed E-state index contributed by atoms with van der Waals surface area (Å²) in [6.07, 6.45) is 0. The van der Waals surface area contributed by atoms with Crippen molar-refractivity contribution in [2.24, 2.45) is 5.92 Å². The maximum absolute atomic E-state index is 13.9. The van der Waals surface area contributed by atoms with Gasteiger partial charge in [-0.05, 0) is 31.9 Å². The second kappa shape index (κ2) is 12.5. The standard InChI is InChI=1S/C28H30ClN5O7S/c1-17(2)16-41-28(36)24-19(4)30-26(20-8-6-5-7-9-20)31-25(24)27(35)32-12-13-33(18(3)15-32)42(39,40)21-10-11-22(29)23(14-21)34(37)38/h5-11,14,17-18H,12-13,15-16H2,1-4H3. The Morgan fingerprint density at radius 3 is 2.45 bits per heavy atom. The number of rotatable bonds is 8. The van der Waals surface area contributed by atoms with Gasteiger partial charge in [-0.3, -0.25) is 14.9 Å². The fourth-order valence-corrected chi connectivity index (χ4v) is 6.38. The van der Waals surface area contributed by atoms with Crippen molar-refractivity contribution >= 4 is 39.2 Å². The molecule has 0 N–H and O–H groups in total. The van der Waals surface area contributed by atoms with Crippen molar-refractivity contribution in [1.29, 1.82) is 0 Å². The van der Waals surface area contributed by atoms with Gasteiger partial charge in [-0.1, -0.05) is 55.8 Å². The molecule has 3 aromatic rings. The largest absolute Gasteiger partial charge is 0.462 e. The predicted molar refractivity (Wildman–Crippen MR) is 155 cm³/mol. The minimum Gasteiger partial charge on any atom is -0.462 e. The van der Waals surface area contributed by atoms with Gasteiger partial charge in [0.05, 0.1) is 22.1 Å². The van der Waals surface area contributed by atoms with Crippen molar-refractivity contribution in [1.82, 2.24) is 19.2 Å². The van der Waals surface area contributed by atoms with Crippen LogP contribution in [0.1, 0.15) is 47.3 Å². The Labute approximate surface area is 248 Å². The Bertz CT molecular complexity index is 1630. The normalized spacial score (nSPS) is 16.0. The van der Waals surface area contributed by atoms with Gasteiger partial charge in [0.1, 0.15) is 16.3 Å². The minimum absolute atomic E-state index is 0.0116. The van der Waals surface area contributed by atoms with Gasteiger partial charge in [0.15, 0.2) is 5.82 Å². The van der Waals surface area contributed by atoms with Crippen molar-refractivity contribution < 1.29 is 27.7 Å². The molecule has 0 radical (unpaired) electrons. The molecule has 4 rings (SSSR count). The number of sulfonamides is 1. The third-order valence-corrected chi connectivity index (χ3v) is 8.98. The highest BCUT2D eigenvalue weighted by atomic mass is 35.5. The minimum atomic E-state index is -4.15. The fourth-order valence-electron chi connectivity index (χ4n) is 4.56. The topological polar surface area (TPSA) is 153 Å². The summed E-state index contributed by atoms with van der Waals surface area (Å²) in [5.41, 5.74) is 0.227. The average molecular weight is 616 g/mol. The SMILES string of the molecule is Cc1nc(-c2ccccc2)nc(C(=O)N2CCN(S(=O)(=O)c3ccc(Cl)c([N+](=O)[O-])c3)C(C)C2)c1C(=O)OCC(C)C. The molecule has 2 aromatic carbocycles. The van der Waals surface area contributed by atoms with Gasteiger partial charge in [-0.15, -0.1) is 0 Å². The molecule has 0 aliphatic carbocycles. The summed E-state index contributed by atoms with van der Waals surface area (Å²) in [7, 11) is -4.15. The number of hydrogen-bond acceptors (Lipinski definition) is 9. The lowest BCUT2D eigenvalue weighted by Crippen LogP contribution is -2.55. The summed E-state index contributed by atoms with van der Waals surface area (Å²) in [6, 6.07) is 11.6. The molecule has 0 spiro atoms. The number of nitro benzene ring substituents is 1. The van der Waals surface area contributed by atoms with Gasteiger partial charge in [-0.25, -0.2) is 23.2 Å². The number of nitro groups is 1. The van der Waals surface area contributed by atoms with Crippen LogP contribution in [-0.4, -0.2) is 76.7 Å². The highest BCUT2D eigenvalue weighted by Crippen LogP contribution is 2.30. The third-order valence-electron chi connectivity index (χ3n) is 6.65. The molecule has 1 saturated heterocycles. The van der Waals surface area contributed by atoms with Crippen molar-refractivity contribution in [3.8, 4) is 11.4 Å². The van der Waals surface area contributed by atoms with Crippen LogP contribution in [0, 0.1) is 23.0 Å². The highest BCUT2D eigenvalue weighted by molar-refractivity contribution is 7.89. The van der Waals surface area contributed by atoms with E-state index in [0.29, 0.717) is 5.56 Å². The van der Waals surface area contributed by atoms with E-state index in [1.165, 1.54) is 21.3 Å². The number of ether oxygens (including phenoxy) is 1. The molecule has 0 bridgehead atoms. The van der Waals surface area contributed by atoms with E-state index in [2.05, 4.69) is 9.97 Å².